The molecule has 0 radical (unpaired) electrons. The van der Waals surface area contributed by atoms with E-state index in [0.29, 0.717) is 11.3 Å². The minimum atomic E-state index is 0.416. The lowest BCUT2D eigenvalue weighted by Crippen LogP contribution is -2.47. The fourth-order valence-corrected chi connectivity index (χ4v) is 5.91. The van der Waals surface area contributed by atoms with Crippen molar-refractivity contribution >= 4 is 5.91 Å². The standard InChI is InChI=1S/C16H25NO/c18-15-2-1-4-17(15)5-3-16-9-12-6-13(10-16)8-14(7-12)11-16/h12-14H,1-11H2. The van der Waals surface area contributed by atoms with E-state index in [1.165, 1.54) is 44.9 Å². The largest absolute Gasteiger partial charge is 0.343 e. The van der Waals surface area contributed by atoms with Crippen molar-refractivity contribution in [3.05, 3.63) is 0 Å². The zero-order valence-corrected chi connectivity index (χ0v) is 11.4. The fraction of sp³-hybridized carbons (Fsp3) is 0.938. The van der Waals surface area contributed by atoms with Crippen molar-refractivity contribution in [2.45, 2.75) is 57.8 Å². The van der Waals surface area contributed by atoms with Crippen LogP contribution in [0.5, 0.6) is 0 Å². The lowest BCUT2D eigenvalue weighted by molar-refractivity contribution is -0.128. The van der Waals surface area contributed by atoms with Gasteiger partial charge in [0.1, 0.15) is 0 Å². The van der Waals surface area contributed by atoms with Gasteiger partial charge in [0.05, 0.1) is 0 Å². The van der Waals surface area contributed by atoms with Gasteiger partial charge in [0, 0.05) is 19.5 Å². The summed E-state index contributed by atoms with van der Waals surface area (Å²) in [5.41, 5.74) is 0.650. The van der Waals surface area contributed by atoms with E-state index in [-0.39, 0.29) is 0 Å². The second-order valence-electron chi connectivity index (χ2n) is 7.65. The van der Waals surface area contributed by atoms with Gasteiger partial charge >= 0.3 is 0 Å². The van der Waals surface area contributed by atoms with Crippen LogP contribution in [0.3, 0.4) is 0 Å². The van der Waals surface area contributed by atoms with E-state index in [9.17, 15) is 4.79 Å². The minimum Gasteiger partial charge on any atom is -0.343 e. The molecule has 5 aliphatic rings. The summed E-state index contributed by atoms with van der Waals surface area (Å²) < 4.78 is 0. The van der Waals surface area contributed by atoms with Crippen molar-refractivity contribution in [2.24, 2.45) is 23.2 Å². The Morgan fingerprint density at radius 2 is 1.67 bits per heavy atom. The maximum Gasteiger partial charge on any atom is 0.222 e. The third-order valence-electron chi connectivity index (χ3n) is 6.25. The molecule has 0 aromatic heterocycles. The molecule has 5 rings (SSSR count). The van der Waals surface area contributed by atoms with Gasteiger partial charge in [0.2, 0.25) is 5.91 Å². The predicted molar refractivity (Wildman–Crippen MR) is 71.0 cm³/mol. The molecule has 1 amide bonds. The first-order valence-electron chi connectivity index (χ1n) is 8.00. The topological polar surface area (TPSA) is 20.3 Å². The van der Waals surface area contributed by atoms with Crippen LogP contribution in [0.25, 0.3) is 0 Å². The smallest absolute Gasteiger partial charge is 0.222 e. The predicted octanol–water partition coefficient (Wildman–Crippen LogP) is 3.22. The van der Waals surface area contributed by atoms with Crippen LogP contribution in [0.2, 0.25) is 0 Å². The van der Waals surface area contributed by atoms with Crippen molar-refractivity contribution in [1.82, 2.24) is 4.90 Å². The van der Waals surface area contributed by atoms with Gasteiger partial charge in [-0.15, -0.1) is 0 Å². The average Bonchev–Trinajstić information content (AvgIpc) is 2.70. The monoisotopic (exact) mass is 247 g/mol. The number of carbonyl (C=O) groups is 1. The molecular formula is C16H25NO. The van der Waals surface area contributed by atoms with Gasteiger partial charge in [-0.2, -0.15) is 0 Å². The van der Waals surface area contributed by atoms with E-state index in [1.807, 2.05) is 0 Å². The van der Waals surface area contributed by atoms with Crippen molar-refractivity contribution < 1.29 is 4.79 Å². The highest BCUT2D eigenvalue weighted by Gasteiger charge is 2.50. The molecule has 0 atom stereocenters. The van der Waals surface area contributed by atoms with E-state index in [4.69, 9.17) is 0 Å². The molecule has 100 valence electrons. The van der Waals surface area contributed by atoms with Crippen LogP contribution in [0.4, 0.5) is 0 Å². The van der Waals surface area contributed by atoms with E-state index in [2.05, 4.69) is 4.90 Å². The minimum absolute atomic E-state index is 0.416. The normalized spacial score (nSPS) is 46.1. The molecule has 0 spiro atoms. The molecule has 4 aliphatic carbocycles. The quantitative estimate of drug-likeness (QED) is 0.750. The van der Waals surface area contributed by atoms with Gasteiger partial charge in [0.15, 0.2) is 0 Å². The zero-order valence-electron chi connectivity index (χ0n) is 11.4. The van der Waals surface area contributed by atoms with Crippen LogP contribution < -0.4 is 0 Å². The highest BCUT2D eigenvalue weighted by Crippen LogP contribution is 2.61. The molecule has 0 aromatic carbocycles. The molecule has 4 bridgehead atoms. The lowest BCUT2D eigenvalue weighted by atomic mass is 9.49. The van der Waals surface area contributed by atoms with Crippen LogP contribution in [0, 0.1) is 23.2 Å². The summed E-state index contributed by atoms with van der Waals surface area (Å²) in [4.78, 5) is 13.9. The molecule has 4 saturated carbocycles. The molecule has 0 unspecified atom stereocenters. The summed E-state index contributed by atoms with van der Waals surface area (Å²) in [5, 5.41) is 0. The molecule has 2 heteroatoms. The molecule has 0 N–H and O–H groups in total. The molecule has 1 saturated heterocycles. The number of rotatable bonds is 3. The highest BCUT2D eigenvalue weighted by atomic mass is 16.2. The Morgan fingerprint density at radius 1 is 1.06 bits per heavy atom. The molecule has 1 heterocycles. The Morgan fingerprint density at radius 3 is 2.17 bits per heavy atom. The summed E-state index contributed by atoms with van der Waals surface area (Å²) in [6, 6.07) is 0. The van der Waals surface area contributed by atoms with Crippen molar-refractivity contribution in [2.75, 3.05) is 13.1 Å². The van der Waals surface area contributed by atoms with Crippen molar-refractivity contribution in [3.8, 4) is 0 Å². The first-order chi connectivity index (χ1) is 8.72. The fourth-order valence-electron chi connectivity index (χ4n) is 5.91. The summed E-state index contributed by atoms with van der Waals surface area (Å²) in [5.74, 6) is 3.56. The summed E-state index contributed by atoms with van der Waals surface area (Å²) in [6.07, 6.45) is 12.3. The van der Waals surface area contributed by atoms with Crippen LogP contribution in [-0.2, 0) is 4.79 Å². The number of nitrogens with zero attached hydrogens (tertiary/aromatic N) is 1. The average molecular weight is 247 g/mol. The SMILES string of the molecule is O=C1CCCN1CCC12CC3CC(CC(C3)C1)C2. The van der Waals surface area contributed by atoms with Gasteiger partial charge in [-0.3, -0.25) is 4.79 Å². The third-order valence-corrected chi connectivity index (χ3v) is 6.25. The molecular weight excluding hydrogens is 222 g/mol. The molecule has 18 heavy (non-hydrogen) atoms. The van der Waals surface area contributed by atoms with Gasteiger partial charge < -0.3 is 4.90 Å². The molecule has 2 nitrogen and oxygen atoms in total. The maximum atomic E-state index is 11.7. The van der Waals surface area contributed by atoms with Crippen LogP contribution >= 0.6 is 0 Å². The highest BCUT2D eigenvalue weighted by molar-refractivity contribution is 5.78. The Kier molecular flexibility index (Phi) is 2.50. The van der Waals surface area contributed by atoms with E-state index < -0.39 is 0 Å². The van der Waals surface area contributed by atoms with Gasteiger partial charge in [-0.25, -0.2) is 0 Å². The first-order valence-corrected chi connectivity index (χ1v) is 8.00. The third kappa shape index (κ3) is 1.80. The Balaban J connectivity index is 1.43. The van der Waals surface area contributed by atoms with E-state index in [1.54, 1.807) is 0 Å². The lowest BCUT2D eigenvalue weighted by Gasteiger charge is -2.57. The van der Waals surface area contributed by atoms with E-state index in [0.717, 1.165) is 43.7 Å². The second kappa shape index (κ2) is 3.98. The Labute approximate surface area is 110 Å². The first kappa shape index (κ1) is 11.3. The Bertz CT molecular complexity index is 327. The van der Waals surface area contributed by atoms with Gasteiger partial charge in [-0.05, 0) is 74.5 Å². The van der Waals surface area contributed by atoms with Gasteiger partial charge in [-0.1, -0.05) is 0 Å². The summed E-state index contributed by atoms with van der Waals surface area (Å²) in [6.45, 7) is 2.09. The number of carbonyl (C=O) groups excluding carboxylic acids is 1. The number of hydrogen-bond acceptors (Lipinski definition) is 1. The summed E-state index contributed by atoms with van der Waals surface area (Å²) >= 11 is 0. The van der Waals surface area contributed by atoms with Gasteiger partial charge in [0.25, 0.3) is 0 Å². The number of likely N-dealkylation sites (tertiary alicyclic amines) is 1. The van der Waals surface area contributed by atoms with E-state index >= 15 is 0 Å². The molecule has 1 aliphatic heterocycles. The van der Waals surface area contributed by atoms with Crippen LogP contribution in [0.15, 0.2) is 0 Å². The zero-order chi connectivity index (χ0) is 12.2. The van der Waals surface area contributed by atoms with Crippen LogP contribution in [-0.4, -0.2) is 23.9 Å². The summed E-state index contributed by atoms with van der Waals surface area (Å²) in [7, 11) is 0. The number of amides is 1. The molecule has 5 fully saturated rings. The maximum absolute atomic E-state index is 11.7. The van der Waals surface area contributed by atoms with Crippen molar-refractivity contribution in [1.29, 1.82) is 0 Å². The number of hydrogen-bond donors (Lipinski definition) is 0. The van der Waals surface area contributed by atoms with Crippen molar-refractivity contribution in [3.63, 3.8) is 0 Å². The van der Waals surface area contributed by atoms with Crippen LogP contribution in [0.1, 0.15) is 57.8 Å². The Hall–Kier alpha value is -0.530. The molecule has 0 aromatic rings. The second-order valence-corrected chi connectivity index (χ2v) is 7.65.